The van der Waals surface area contributed by atoms with E-state index in [1.54, 1.807) is 24.3 Å². The molecule has 0 aliphatic heterocycles. The predicted octanol–water partition coefficient (Wildman–Crippen LogP) is 4.07. The van der Waals surface area contributed by atoms with Crippen molar-refractivity contribution in [2.24, 2.45) is 7.05 Å². The fourth-order valence-corrected chi connectivity index (χ4v) is 3.66. The molecule has 1 amide bonds. The molecule has 0 fully saturated rings. The first kappa shape index (κ1) is 18.1. The van der Waals surface area contributed by atoms with Gasteiger partial charge in [0, 0.05) is 23.7 Å². The van der Waals surface area contributed by atoms with Crippen molar-refractivity contribution in [2.45, 2.75) is 5.16 Å². The second-order valence-corrected chi connectivity index (χ2v) is 7.22. The van der Waals surface area contributed by atoms with Crippen LogP contribution in [0.15, 0.2) is 71.9 Å². The van der Waals surface area contributed by atoms with Gasteiger partial charge in [-0.05, 0) is 35.7 Å². The molecule has 4 rings (SSSR count). The molecule has 0 bridgehead atoms. The second-order valence-electron chi connectivity index (χ2n) is 6.28. The van der Waals surface area contributed by atoms with Gasteiger partial charge in [0.2, 0.25) is 5.91 Å². The Morgan fingerprint density at radius 1 is 1.04 bits per heavy atom. The van der Waals surface area contributed by atoms with Crippen molar-refractivity contribution in [3.05, 3.63) is 66.7 Å². The summed E-state index contributed by atoms with van der Waals surface area (Å²) in [4.78, 5) is 12.4. The van der Waals surface area contributed by atoms with Crippen LogP contribution < -0.4 is 5.32 Å². The smallest absolute Gasteiger partial charge is 0.234 e. The van der Waals surface area contributed by atoms with E-state index in [1.165, 1.54) is 11.8 Å². The SMILES string of the molecule is Cn1c(SCC(=O)Nc2cccc3ccccc23)nnc1-c1ccc(O)cc1. The molecule has 0 aliphatic carbocycles. The molecule has 28 heavy (non-hydrogen) atoms. The molecular formula is C21H18N4O2S. The summed E-state index contributed by atoms with van der Waals surface area (Å²) >= 11 is 1.33. The first-order valence-electron chi connectivity index (χ1n) is 8.71. The lowest BCUT2D eigenvalue weighted by Crippen LogP contribution is -2.14. The van der Waals surface area contributed by atoms with E-state index in [2.05, 4.69) is 15.5 Å². The third-order valence-corrected chi connectivity index (χ3v) is 5.38. The van der Waals surface area contributed by atoms with Gasteiger partial charge < -0.3 is 15.0 Å². The maximum Gasteiger partial charge on any atom is 0.234 e. The van der Waals surface area contributed by atoms with Crippen molar-refractivity contribution in [3.63, 3.8) is 0 Å². The summed E-state index contributed by atoms with van der Waals surface area (Å²) in [6.07, 6.45) is 0. The number of phenolic OH excluding ortho intramolecular Hbond substituents is 1. The molecule has 140 valence electrons. The Kier molecular flexibility index (Phi) is 4.99. The van der Waals surface area contributed by atoms with Gasteiger partial charge in [-0.3, -0.25) is 4.79 Å². The summed E-state index contributed by atoms with van der Waals surface area (Å²) < 4.78 is 1.84. The lowest BCUT2D eigenvalue weighted by atomic mass is 10.1. The summed E-state index contributed by atoms with van der Waals surface area (Å²) in [5.41, 5.74) is 1.64. The average Bonchev–Trinajstić information content (AvgIpc) is 3.08. The topological polar surface area (TPSA) is 80.0 Å². The standard InChI is InChI=1S/C21H18N4O2S/c1-25-20(15-9-11-16(26)12-10-15)23-24-21(25)28-13-19(27)22-18-8-4-6-14-5-2-3-7-17(14)18/h2-12,26H,13H2,1H3,(H,22,27). The van der Waals surface area contributed by atoms with Crippen molar-refractivity contribution in [3.8, 4) is 17.1 Å². The minimum atomic E-state index is -0.101. The number of aromatic nitrogens is 3. The van der Waals surface area contributed by atoms with Gasteiger partial charge in [-0.2, -0.15) is 0 Å². The third kappa shape index (κ3) is 3.70. The van der Waals surface area contributed by atoms with Gasteiger partial charge in [0.25, 0.3) is 0 Å². The van der Waals surface area contributed by atoms with Crippen LogP contribution in [0.4, 0.5) is 5.69 Å². The molecule has 1 heterocycles. The molecule has 1 aromatic heterocycles. The monoisotopic (exact) mass is 390 g/mol. The molecule has 0 saturated carbocycles. The highest BCUT2D eigenvalue weighted by molar-refractivity contribution is 7.99. The number of phenols is 1. The van der Waals surface area contributed by atoms with Gasteiger partial charge in [-0.15, -0.1) is 10.2 Å². The molecular weight excluding hydrogens is 372 g/mol. The van der Waals surface area contributed by atoms with E-state index < -0.39 is 0 Å². The van der Waals surface area contributed by atoms with Gasteiger partial charge in [0.1, 0.15) is 5.75 Å². The summed E-state index contributed by atoms with van der Waals surface area (Å²) in [7, 11) is 1.85. The predicted molar refractivity (Wildman–Crippen MR) is 111 cm³/mol. The maximum absolute atomic E-state index is 12.4. The fourth-order valence-electron chi connectivity index (χ4n) is 2.95. The van der Waals surface area contributed by atoms with E-state index in [0.717, 1.165) is 22.0 Å². The van der Waals surface area contributed by atoms with Crippen molar-refractivity contribution < 1.29 is 9.90 Å². The Morgan fingerprint density at radius 2 is 1.79 bits per heavy atom. The number of thioether (sulfide) groups is 1. The molecule has 0 aliphatic rings. The minimum absolute atomic E-state index is 0.101. The highest BCUT2D eigenvalue weighted by Crippen LogP contribution is 2.25. The second kappa shape index (κ2) is 7.74. The molecule has 0 spiro atoms. The zero-order valence-electron chi connectivity index (χ0n) is 15.2. The van der Waals surface area contributed by atoms with Gasteiger partial charge in [-0.25, -0.2) is 0 Å². The number of aromatic hydroxyl groups is 1. The van der Waals surface area contributed by atoms with Gasteiger partial charge in [-0.1, -0.05) is 48.2 Å². The number of nitrogens with one attached hydrogen (secondary N) is 1. The van der Waals surface area contributed by atoms with Crippen LogP contribution in [0, 0.1) is 0 Å². The highest BCUT2D eigenvalue weighted by Gasteiger charge is 2.13. The van der Waals surface area contributed by atoms with Crippen molar-refractivity contribution in [1.82, 2.24) is 14.8 Å². The van der Waals surface area contributed by atoms with E-state index >= 15 is 0 Å². The molecule has 0 unspecified atom stereocenters. The molecule has 7 heteroatoms. The first-order chi connectivity index (χ1) is 13.6. The van der Waals surface area contributed by atoms with Crippen LogP contribution in [0.1, 0.15) is 0 Å². The highest BCUT2D eigenvalue weighted by atomic mass is 32.2. The normalized spacial score (nSPS) is 10.9. The Labute approximate surface area is 166 Å². The summed E-state index contributed by atoms with van der Waals surface area (Å²) in [5.74, 6) is 1.00. The number of benzene rings is 3. The summed E-state index contributed by atoms with van der Waals surface area (Å²) in [6.45, 7) is 0. The van der Waals surface area contributed by atoms with Gasteiger partial charge in [0.15, 0.2) is 11.0 Å². The number of amides is 1. The molecule has 0 saturated heterocycles. The minimum Gasteiger partial charge on any atom is -0.508 e. The Morgan fingerprint density at radius 3 is 2.61 bits per heavy atom. The average molecular weight is 390 g/mol. The van der Waals surface area contributed by atoms with Crippen molar-refractivity contribution >= 4 is 34.1 Å². The number of carbonyl (C=O) groups is 1. The van der Waals surface area contributed by atoms with Crippen molar-refractivity contribution in [1.29, 1.82) is 0 Å². The lowest BCUT2D eigenvalue weighted by Gasteiger charge is -2.08. The Hall–Kier alpha value is -3.32. The van der Waals surface area contributed by atoms with Gasteiger partial charge in [0.05, 0.1) is 5.75 Å². The fraction of sp³-hybridized carbons (Fsp3) is 0.0952. The zero-order chi connectivity index (χ0) is 19.5. The number of carbonyl (C=O) groups excluding carboxylic acids is 1. The molecule has 3 aromatic carbocycles. The van der Waals surface area contributed by atoms with Crippen molar-refractivity contribution in [2.75, 3.05) is 11.1 Å². The number of anilines is 1. The number of nitrogens with zero attached hydrogens (tertiary/aromatic N) is 3. The summed E-state index contributed by atoms with van der Waals surface area (Å²) in [5, 5.41) is 23.5. The van der Waals surface area contributed by atoms with E-state index in [9.17, 15) is 9.90 Å². The van der Waals surface area contributed by atoms with E-state index in [1.807, 2.05) is 54.1 Å². The van der Waals surface area contributed by atoms with Crippen LogP contribution in [-0.2, 0) is 11.8 Å². The van der Waals surface area contributed by atoms with Crippen LogP contribution in [0.3, 0.4) is 0 Å². The van der Waals surface area contributed by atoms with Gasteiger partial charge >= 0.3 is 0 Å². The molecule has 4 aromatic rings. The number of rotatable bonds is 5. The quantitative estimate of drug-likeness (QED) is 0.502. The summed E-state index contributed by atoms with van der Waals surface area (Å²) in [6, 6.07) is 20.6. The first-order valence-corrected chi connectivity index (χ1v) is 9.69. The number of fused-ring (bicyclic) bond motifs is 1. The zero-order valence-corrected chi connectivity index (χ0v) is 16.0. The van der Waals surface area contributed by atoms with E-state index in [-0.39, 0.29) is 17.4 Å². The molecule has 0 atom stereocenters. The molecule has 2 N–H and O–H groups in total. The molecule has 0 radical (unpaired) electrons. The van der Waals surface area contributed by atoms with Crippen LogP contribution in [0.25, 0.3) is 22.2 Å². The number of hydrogen-bond acceptors (Lipinski definition) is 5. The van der Waals surface area contributed by atoms with E-state index in [0.29, 0.717) is 11.0 Å². The largest absolute Gasteiger partial charge is 0.508 e. The van der Waals surface area contributed by atoms with Crippen LogP contribution in [0.2, 0.25) is 0 Å². The molecule has 6 nitrogen and oxygen atoms in total. The Balaban J connectivity index is 1.44. The maximum atomic E-state index is 12.4. The van der Waals surface area contributed by atoms with Crippen LogP contribution in [0.5, 0.6) is 5.75 Å². The lowest BCUT2D eigenvalue weighted by molar-refractivity contribution is -0.113. The van der Waals surface area contributed by atoms with Crippen LogP contribution in [-0.4, -0.2) is 31.5 Å². The van der Waals surface area contributed by atoms with Crippen LogP contribution >= 0.6 is 11.8 Å². The third-order valence-electron chi connectivity index (χ3n) is 4.36. The number of hydrogen-bond donors (Lipinski definition) is 2. The Bertz CT molecular complexity index is 1130. The van der Waals surface area contributed by atoms with E-state index in [4.69, 9.17) is 0 Å².